The van der Waals surface area contributed by atoms with Crippen molar-refractivity contribution in [3.63, 3.8) is 0 Å². The van der Waals surface area contributed by atoms with E-state index in [2.05, 4.69) is 5.32 Å². The van der Waals surface area contributed by atoms with Crippen molar-refractivity contribution in [1.29, 1.82) is 0 Å². The molecule has 4 rings (SSSR count). The lowest BCUT2D eigenvalue weighted by molar-refractivity contribution is -0.384. The molecule has 37 heavy (non-hydrogen) atoms. The van der Waals surface area contributed by atoms with Crippen LogP contribution >= 0.6 is 11.3 Å². The number of hydrogen-bond donors (Lipinski definition) is 1. The Morgan fingerprint density at radius 1 is 1.11 bits per heavy atom. The quantitative estimate of drug-likeness (QED) is 0.254. The zero-order valence-corrected chi connectivity index (χ0v) is 21.5. The van der Waals surface area contributed by atoms with Gasteiger partial charge in [-0.25, -0.2) is 8.42 Å². The van der Waals surface area contributed by atoms with Crippen LogP contribution in [0.25, 0.3) is 0 Å². The van der Waals surface area contributed by atoms with Crippen LogP contribution in [0.2, 0.25) is 0 Å². The second-order valence-electron chi connectivity index (χ2n) is 8.61. The maximum absolute atomic E-state index is 13.2. The Balaban J connectivity index is 1.48. The number of piperidine rings is 1. The summed E-state index contributed by atoms with van der Waals surface area (Å²) in [4.78, 5) is 37.2. The topological polar surface area (TPSA) is 136 Å². The molecule has 1 N–H and O–H groups in total. The van der Waals surface area contributed by atoms with E-state index in [0.29, 0.717) is 11.1 Å². The molecule has 1 aliphatic heterocycles. The highest BCUT2D eigenvalue weighted by molar-refractivity contribution is 7.91. The molecule has 0 spiro atoms. The molecule has 0 saturated carbocycles. The number of carbonyl (C=O) groups is 2. The summed E-state index contributed by atoms with van der Waals surface area (Å²) in [5.41, 5.74) is 0.777. The van der Waals surface area contributed by atoms with Gasteiger partial charge < -0.3 is 10.1 Å². The van der Waals surface area contributed by atoms with Crippen LogP contribution in [0.15, 0.2) is 70.3 Å². The minimum absolute atomic E-state index is 0.00956. The SMILES string of the molecule is Cc1ccc(NC(=O)C(OC(=O)C2CCN(S(=O)(=O)c3cccs3)CC2)c2ccccc2)c([N+](=O)[O-])c1. The van der Waals surface area contributed by atoms with E-state index in [0.717, 1.165) is 11.3 Å². The number of carbonyl (C=O) groups excluding carboxylic acids is 2. The zero-order chi connectivity index (χ0) is 26.6. The van der Waals surface area contributed by atoms with E-state index >= 15 is 0 Å². The van der Waals surface area contributed by atoms with Gasteiger partial charge in [0.15, 0.2) is 0 Å². The molecule has 1 aliphatic rings. The van der Waals surface area contributed by atoms with E-state index in [1.54, 1.807) is 60.8 Å². The normalized spacial score (nSPS) is 15.6. The molecule has 1 aromatic heterocycles. The standard InChI is InChI=1S/C25H25N3O7S2/c1-17-9-10-20(21(16-17)28(31)32)26-24(29)23(18-6-3-2-4-7-18)35-25(30)19-11-13-27(14-12-19)37(33,34)22-8-5-15-36-22/h2-10,15-16,19,23H,11-14H2,1H3,(H,26,29). The lowest BCUT2D eigenvalue weighted by Crippen LogP contribution is -2.41. The fourth-order valence-corrected chi connectivity index (χ4v) is 6.69. The lowest BCUT2D eigenvalue weighted by Gasteiger charge is -2.30. The zero-order valence-electron chi connectivity index (χ0n) is 19.9. The van der Waals surface area contributed by atoms with Gasteiger partial charge >= 0.3 is 5.97 Å². The van der Waals surface area contributed by atoms with Crippen LogP contribution in [0.3, 0.4) is 0 Å². The number of anilines is 1. The molecule has 3 aromatic rings. The summed E-state index contributed by atoms with van der Waals surface area (Å²) in [5, 5.41) is 15.7. The molecule has 1 fully saturated rings. The van der Waals surface area contributed by atoms with Crippen LogP contribution in [0.4, 0.5) is 11.4 Å². The van der Waals surface area contributed by atoms with Crippen molar-refractivity contribution >= 4 is 44.6 Å². The van der Waals surface area contributed by atoms with Gasteiger partial charge in [0.05, 0.1) is 10.8 Å². The van der Waals surface area contributed by atoms with E-state index in [9.17, 15) is 28.1 Å². The highest BCUT2D eigenvalue weighted by atomic mass is 32.2. The third kappa shape index (κ3) is 6.04. The molecule has 0 radical (unpaired) electrons. The number of rotatable bonds is 8. The molecule has 1 saturated heterocycles. The fraction of sp³-hybridized carbons (Fsp3) is 0.280. The Morgan fingerprint density at radius 2 is 1.81 bits per heavy atom. The Bertz CT molecular complexity index is 1380. The molecule has 1 amide bonds. The number of ether oxygens (including phenoxy) is 1. The highest BCUT2D eigenvalue weighted by Crippen LogP contribution is 2.30. The second-order valence-corrected chi connectivity index (χ2v) is 11.7. The average molecular weight is 544 g/mol. The first-order valence-corrected chi connectivity index (χ1v) is 13.8. The molecule has 2 aromatic carbocycles. The molecule has 0 aliphatic carbocycles. The summed E-state index contributed by atoms with van der Waals surface area (Å²) in [6.45, 7) is 2.00. The first-order chi connectivity index (χ1) is 17.7. The lowest BCUT2D eigenvalue weighted by atomic mass is 9.98. The van der Waals surface area contributed by atoms with Crippen LogP contribution in [0.5, 0.6) is 0 Å². The van der Waals surface area contributed by atoms with Crippen molar-refractivity contribution in [2.75, 3.05) is 18.4 Å². The first-order valence-electron chi connectivity index (χ1n) is 11.5. The summed E-state index contributed by atoms with van der Waals surface area (Å²) in [5.74, 6) is -1.96. The molecule has 1 atom stereocenters. The van der Waals surface area contributed by atoms with Crippen LogP contribution < -0.4 is 5.32 Å². The van der Waals surface area contributed by atoms with Crippen molar-refractivity contribution < 1.29 is 27.7 Å². The van der Waals surface area contributed by atoms with Gasteiger partial charge in [-0.2, -0.15) is 4.31 Å². The van der Waals surface area contributed by atoms with Crippen LogP contribution in [0, 0.1) is 23.0 Å². The maximum atomic E-state index is 13.2. The summed E-state index contributed by atoms with van der Waals surface area (Å²) in [7, 11) is -3.62. The van der Waals surface area contributed by atoms with Gasteiger partial charge in [-0.3, -0.25) is 19.7 Å². The van der Waals surface area contributed by atoms with Gasteiger partial charge in [-0.05, 0) is 42.8 Å². The van der Waals surface area contributed by atoms with Crippen molar-refractivity contribution in [2.24, 2.45) is 5.92 Å². The number of aryl methyl sites for hydroxylation is 1. The Labute approximate surface area is 218 Å². The minimum atomic E-state index is -3.62. The number of benzene rings is 2. The van der Waals surface area contributed by atoms with E-state index in [-0.39, 0.29) is 41.5 Å². The third-order valence-electron chi connectivity index (χ3n) is 6.06. The summed E-state index contributed by atoms with van der Waals surface area (Å²) < 4.78 is 32.8. The highest BCUT2D eigenvalue weighted by Gasteiger charge is 2.35. The molecule has 1 unspecified atom stereocenters. The van der Waals surface area contributed by atoms with Crippen molar-refractivity contribution in [2.45, 2.75) is 30.1 Å². The number of hydrogen-bond acceptors (Lipinski definition) is 8. The second kappa shape index (κ2) is 11.2. The van der Waals surface area contributed by atoms with Gasteiger partial charge in [0.2, 0.25) is 6.10 Å². The molecule has 10 nitrogen and oxygen atoms in total. The van der Waals surface area contributed by atoms with Gasteiger partial charge in [0, 0.05) is 24.7 Å². The Kier molecular flexibility index (Phi) is 8.00. The van der Waals surface area contributed by atoms with Crippen LogP contribution in [-0.4, -0.2) is 42.6 Å². The third-order valence-corrected chi connectivity index (χ3v) is 9.33. The van der Waals surface area contributed by atoms with Gasteiger partial charge in [-0.1, -0.05) is 42.5 Å². The first kappa shape index (κ1) is 26.5. The number of thiophene rings is 1. The van der Waals surface area contributed by atoms with E-state index in [1.807, 2.05) is 0 Å². The predicted molar refractivity (Wildman–Crippen MR) is 138 cm³/mol. The molecule has 12 heteroatoms. The van der Waals surface area contributed by atoms with Crippen LogP contribution in [-0.2, 0) is 24.3 Å². The number of nitro groups is 1. The molecule has 194 valence electrons. The summed E-state index contributed by atoms with van der Waals surface area (Å²) >= 11 is 1.14. The molecule has 2 heterocycles. The number of nitro benzene ring substituents is 1. The van der Waals surface area contributed by atoms with Gasteiger partial charge in [-0.15, -0.1) is 11.3 Å². The number of sulfonamides is 1. The molecular weight excluding hydrogens is 518 g/mol. The minimum Gasteiger partial charge on any atom is -0.447 e. The smallest absolute Gasteiger partial charge is 0.310 e. The van der Waals surface area contributed by atoms with Crippen molar-refractivity contribution in [3.8, 4) is 0 Å². The largest absolute Gasteiger partial charge is 0.447 e. The number of nitrogens with zero attached hydrogens (tertiary/aromatic N) is 2. The molecular formula is C25H25N3O7S2. The van der Waals surface area contributed by atoms with E-state index in [4.69, 9.17) is 4.74 Å². The van der Waals surface area contributed by atoms with E-state index in [1.165, 1.54) is 16.4 Å². The Hall–Kier alpha value is -3.61. The maximum Gasteiger partial charge on any atom is 0.310 e. The number of esters is 1. The summed E-state index contributed by atoms with van der Waals surface area (Å²) in [6.07, 6.45) is -0.853. The monoisotopic (exact) mass is 543 g/mol. The van der Waals surface area contributed by atoms with E-state index < -0.39 is 38.8 Å². The Morgan fingerprint density at radius 3 is 2.43 bits per heavy atom. The number of nitrogens with one attached hydrogen (secondary N) is 1. The summed E-state index contributed by atoms with van der Waals surface area (Å²) in [6, 6.07) is 16.0. The molecule has 0 bridgehead atoms. The van der Waals surface area contributed by atoms with Gasteiger partial charge in [0.25, 0.3) is 21.6 Å². The van der Waals surface area contributed by atoms with Crippen LogP contribution in [0.1, 0.15) is 30.1 Å². The predicted octanol–water partition coefficient (Wildman–Crippen LogP) is 4.29. The van der Waals surface area contributed by atoms with Gasteiger partial charge in [0.1, 0.15) is 9.90 Å². The average Bonchev–Trinajstić information content (AvgIpc) is 3.45. The van der Waals surface area contributed by atoms with Crippen molar-refractivity contribution in [1.82, 2.24) is 4.31 Å². The van der Waals surface area contributed by atoms with Crippen molar-refractivity contribution in [3.05, 3.63) is 87.3 Å². The number of amides is 1. The fourth-order valence-electron chi connectivity index (χ4n) is 4.08.